The van der Waals surface area contributed by atoms with E-state index in [1.807, 2.05) is 0 Å². The van der Waals surface area contributed by atoms with Crippen molar-refractivity contribution in [2.45, 2.75) is 19.4 Å². The van der Waals surface area contributed by atoms with Crippen LogP contribution in [0.1, 0.15) is 13.3 Å². The Balaban J connectivity index is 2.59. The van der Waals surface area contributed by atoms with E-state index in [0.29, 0.717) is 17.1 Å². The minimum atomic E-state index is -0.277. The molecular weight excluding hydrogens is 268 g/mol. The molecule has 6 nitrogen and oxygen atoms in total. The Labute approximate surface area is 116 Å². The highest BCUT2D eigenvalue weighted by Gasteiger charge is 2.17. The van der Waals surface area contributed by atoms with Gasteiger partial charge < -0.3 is 21.2 Å². The topological polar surface area (TPSA) is 91.0 Å². The molecule has 0 fully saturated rings. The molecule has 0 saturated heterocycles. The Bertz CT molecular complexity index is 461. The van der Waals surface area contributed by atoms with Crippen molar-refractivity contribution in [2.24, 2.45) is 10.9 Å². The van der Waals surface area contributed by atoms with Crippen LogP contribution in [0.25, 0.3) is 0 Å². The van der Waals surface area contributed by atoms with E-state index in [0.717, 1.165) is 0 Å². The number of rotatable bonds is 4. The van der Waals surface area contributed by atoms with Crippen LogP contribution in [0, 0.1) is 0 Å². The van der Waals surface area contributed by atoms with Crippen molar-refractivity contribution in [3.63, 3.8) is 0 Å². The number of carbonyl (C=O) groups is 1. The largest absolute Gasteiger partial charge is 0.409 e. The third-order valence-corrected chi connectivity index (χ3v) is 2.96. The number of carbonyl (C=O) groups excluding carboxylic acids is 1. The van der Waals surface area contributed by atoms with Gasteiger partial charge in [-0.1, -0.05) is 16.8 Å². The Morgan fingerprint density at radius 3 is 2.63 bits per heavy atom. The van der Waals surface area contributed by atoms with Gasteiger partial charge in [-0.2, -0.15) is 0 Å². The zero-order chi connectivity index (χ0) is 14.4. The Kier molecular flexibility index (Phi) is 5.44. The maximum atomic E-state index is 11.9. The van der Waals surface area contributed by atoms with Crippen molar-refractivity contribution >= 4 is 29.2 Å². The monoisotopic (exact) mass is 284 g/mol. The second-order valence-corrected chi connectivity index (χ2v) is 4.63. The molecule has 1 unspecified atom stereocenters. The minimum absolute atomic E-state index is 0.0821. The highest BCUT2D eigenvalue weighted by molar-refractivity contribution is 6.30. The van der Waals surface area contributed by atoms with Gasteiger partial charge in [0.15, 0.2) is 0 Å². The number of oxime groups is 1. The van der Waals surface area contributed by atoms with E-state index in [4.69, 9.17) is 22.5 Å². The summed E-state index contributed by atoms with van der Waals surface area (Å²) < 4.78 is 0. The molecule has 1 aromatic rings. The number of nitrogens with two attached hydrogens (primary N) is 1. The first-order valence-electron chi connectivity index (χ1n) is 5.69. The van der Waals surface area contributed by atoms with Crippen molar-refractivity contribution in [1.29, 1.82) is 0 Å². The average Bonchev–Trinajstić information content (AvgIpc) is 2.40. The number of hydrogen-bond donors (Lipinski definition) is 3. The highest BCUT2D eigenvalue weighted by Crippen LogP contribution is 2.14. The molecule has 4 N–H and O–H groups in total. The maximum absolute atomic E-state index is 11.9. The molecule has 104 valence electrons. The first-order valence-corrected chi connectivity index (χ1v) is 6.07. The fraction of sp³-hybridized carbons (Fsp3) is 0.333. The van der Waals surface area contributed by atoms with Gasteiger partial charge in [-0.15, -0.1) is 0 Å². The van der Waals surface area contributed by atoms with Crippen LogP contribution in [-0.2, 0) is 0 Å². The van der Waals surface area contributed by atoms with Crippen molar-refractivity contribution < 1.29 is 10.0 Å². The number of halogens is 1. The standard InChI is InChI=1S/C12H17ClN4O2/c1-8(7-11(14)16-19)17(2)12(18)15-10-5-3-9(13)4-6-10/h3-6,8,19H,7H2,1-2H3,(H2,14,16)(H,15,18). The van der Waals surface area contributed by atoms with E-state index in [9.17, 15) is 4.79 Å². The minimum Gasteiger partial charge on any atom is -0.409 e. The lowest BCUT2D eigenvalue weighted by molar-refractivity contribution is 0.208. The zero-order valence-electron chi connectivity index (χ0n) is 10.8. The number of amidine groups is 1. The predicted octanol–water partition coefficient (Wildman–Crippen LogP) is 2.33. The van der Waals surface area contributed by atoms with Gasteiger partial charge in [0.05, 0.1) is 0 Å². The Hall–Kier alpha value is -1.95. The number of anilines is 1. The summed E-state index contributed by atoms with van der Waals surface area (Å²) in [4.78, 5) is 13.4. The zero-order valence-corrected chi connectivity index (χ0v) is 11.6. The van der Waals surface area contributed by atoms with Gasteiger partial charge in [0.2, 0.25) is 0 Å². The van der Waals surface area contributed by atoms with Gasteiger partial charge in [0, 0.05) is 30.2 Å². The van der Waals surface area contributed by atoms with Gasteiger partial charge in [-0.05, 0) is 31.2 Å². The van der Waals surface area contributed by atoms with Gasteiger partial charge in [0.1, 0.15) is 5.84 Å². The molecule has 0 radical (unpaired) electrons. The normalized spacial score (nSPS) is 12.9. The molecule has 1 aromatic carbocycles. The molecule has 0 aliphatic carbocycles. The van der Waals surface area contributed by atoms with Crippen LogP contribution in [0.4, 0.5) is 10.5 Å². The summed E-state index contributed by atoms with van der Waals surface area (Å²) in [5.74, 6) is 0.0821. The van der Waals surface area contributed by atoms with Crippen LogP contribution < -0.4 is 11.1 Å². The predicted molar refractivity (Wildman–Crippen MR) is 75.7 cm³/mol. The highest BCUT2D eigenvalue weighted by atomic mass is 35.5. The van der Waals surface area contributed by atoms with E-state index in [1.54, 1.807) is 38.2 Å². The number of hydrogen-bond acceptors (Lipinski definition) is 3. The van der Waals surface area contributed by atoms with Crippen molar-refractivity contribution in [3.05, 3.63) is 29.3 Å². The summed E-state index contributed by atoms with van der Waals surface area (Å²) in [5.41, 5.74) is 6.06. The fourth-order valence-corrected chi connectivity index (χ4v) is 1.55. The third kappa shape index (κ3) is 4.67. The van der Waals surface area contributed by atoms with Crippen LogP contribution in [0.5, 0.6) is 0 Å². The van der Waals surface area contributed by atoms with Crippen LogP contribution in [-0.4, -0.2) is 35.1 Å². The van der Waals surface area contributed by atoms with Gasteiger partial charge in [-0.3, -0.25) is 0 Å². The molecular formula is C12H17ClN4O2. The Morgan fingerprint density at radius 1 is 1.53 bits per heavy atom. The third-order valence-electron chi connectivity index (χ3n) is 2.71. The van der Waals surface area contributed by atoms with Crippen molar-refractivity contribution in [3.8, 4) is 0 Å². The Morgan fingerprint density at radius 2 is 2.11 bits per heavy atom. The second-order valence-electron chi connectivity index (χ2n) is 4.19. The van der Waals surface area contributed by atoms with Crippen LogP contribution in [0.2, 0.25) is 5.02 Å². The van der Waals surface area contributed by atoms with Crippen LogP contribution >= 0.6 is 11.6 Å². The summed E-state index contributed by atoms with van der Waals surface area (Å²) >= 11 is 5.76. The molecule has 1 atom stereocenters. The average molecular weight is 285 g/mol. The lowest BCUT2D eigenvalue weighted by Crippen LogP contribution is -2.40. The van der Waals surface area contributed by atoms with Crippen molar-refractivity contribution in [1.82, 2.24) is 4.90 Å². The number of nitrogens with one attached hydrogen (secondary N) is 1. The quantitative estimate of drug-likeness (QED) is 0.343. The molecule has 0 aromatic heterocycles. The van der Waals surface area contributed by atoms with E-state index in [2.05, 4.69) is 10.5 Å². The maximum Gasteiger partial charge on any atom is 0.321 e. The molecule has 0 aliphatic rings. The van der Waals surface area contributed by atoms with Crippen LogP contribution in [0.3, 0.4) is 0 Å². The second kappa shape index (κ2) is 6.84. The number of benzene rings is 1. The van der Waals surface area contributed by atoms with Gasteiger partial charge >= 0.3 is 6.03 Å². The molecule has 7 heteroatoms. The molecule has 0 saturated carbocycles. The SMILES string of the molecule is CC(CC(N)=NO)N(C)C(=O)Nc1ccc(Cl)cc1. The molecule has 1 rings (SSSR count). The number of nitrogens with zero attached hydrogens (tertiary/aromatic N) is 2. The fourth-order valence-electron chi connectivity index (χ4n) is 1.43. The molecule has 2 amide bonds. The lowest BCUT2D eigenvalue weighted by atomic mass is 10.2. The van der Waals surface area contributed by atoms with Gasteiger partial charge in [-0.25, -0.2) is 4.79 Å². The summed E-state index contributed by atoms with van der Waals surface area (Å²) in [7, 11) is 1.64. The molecule has 0 heterocycles. The van der Waals surface area contributed by atoms with Crippen LogP contribution in [0.15, 0.2) is 29.4 Å². The molecule has 0 spiro atoms. The molecule has 0 aliphatic heterocycles. The van der Waals surface area contributed by atoms with Gasteiger partial charge in [0.25, 0.3) is 0 Å². The number of urea groups is 1. The first-order chi connectivity index (χ1) is 8.93. The van der Waals surface area contributed by atoms with E-state index in [1.165, 1.54) is 4.90 Å². The summed E-state index contributed by atoms with van der Waals surface area (Å²) in [5, 5.41) is 14.7. The smallest absolute Gasteiger partial charge is 0.321 e. The summed E-state index contributed by atoms with van der Waals surface area (Å²) in [6.45, 7) is 1.81. The summed E-state index contributed by atoms with van der Waals surface area (Å²) in [6, 6.07) is 6.34. The van der Waals surface area contributed by atoms with Crippen molar-refractivity contribution in [2.75, 3.05) is 12.4 Å². The molecule has 0 bridgehead atoms. The first kappa shape index (κ1) is 15.1. The lowest BCUT2D eigenvalue weighted by Gasteiger charge is -2.24. The summed E-state index contributed by atoms with van der Waals surface area (Å²) in [6.07, 6.45) is 0.293. The van der Waals surface area contributed by atoms with E-state index >= 15 is 0 Å². The van der Waals surface area contributed by atoms with E-state index in [-0.39, 0.29) is 17.9 Å². The molecule has 19 heavy (non-hydrogen) atoms. The number of amides is 2. The van der Waals surface area contributed by atoms with E-state index < -0.39 is 0 Å².